The third-order valence-corrected chi connectivity index (χ3v) is 4.13. The highest BCUT2D eigenvalue weighted by Gasteiger charge is 2.18. The van der Waals surface area contributed by atoms with Crippen molar-refractivity contribution in [1.82, 2.24) is 9.80 Å². The van der Waals surface area contributed by atoms with Gasteiger partial charge in [-0.15, -0.1) is 0 Å². The first kappa shape index (κ1) is 15.9. The topological polar surface area (TPSA) is 55.8 Å². The molecule has 1 fully saturated rings. The second-order valence-electron chi connectivity index (χ2n) is 5.64. The van der Waals surface area contributed by atoms with Crippen molar-refractivity contribution in [3.63, 3.8) is 0 Å². The number of amides is 1. The zero-order chi connectivity index (χ0) is 15.2. The van der Waals surface area contributed by atoms with Gasteiger partial charge in [-0.3, -0.25) is 14.6 Å². The number of rotatable bonds is 5. The molecule has 116 valence electrons. The molecule has 5 nitrogen and oxygen atoms in total. The van der Waals surface area contributed by atoms with Crippen LogP contribution in [-0.4, -0.2) is 66.7 Å². The summed E-state index contributed by atoms with van der Waals surface area (Å²) in [7, 11) is 0. The molecule has 0 aliphatic carbocycles. The largest absolute Gasteiger partial charge is 0.395 e. The maximum Gasteiger partial charge on any atom is 0.238 e. The number of aliphatic hydroxyl groups excluding tert-OH is 1. The number of β-amino-alcohol motifs (C(OH)–C–C–N with tert-alkyl or cyclic N) is 1. The normalized spacial score (nSPS) is 16.9. The number of benzene rings is 1. The first-order chi connectivity index (χ1) is 10.1. The summed E-state index contributed by atoms with van der Waals surface area (Å²) in [5, 5.41) is 11.9. The fourth-order valence-corrected chi connectivity index (χ4v) is 2.59. The number of carbonyl (C=O) groups excluding carboxylic acids is 1. The predicted molar refractivity (Wildman–Crippen MR) is 84.5 cm³/mol. The highest BCUT2D eigenvalue weighted by Crippen LogP contribution is 2.17. The summed E-state index contributed by atoms with van der Waals surface area (Å²) in [5.41, 5.74) is 3.21. The average molecular weight is 291 g/mol. The lowest BCUT2D eigenvalue weighted by Crippen LogP contribution is -2.49. The summed E-state index contributed by atoms with van der Waals surface area (Å²) in [4.78, 5) is 16.5. The van der Waals surface area contributed by atoms with Gasteiger partial charge >= 0.3 is 0 Å². The van der Waals surface area contributed by atoms with Crippen LogP contribution in [0.15, 0.2) is 18.2 Å². The van der Waals surface area contributed by atoms with Crippen LogP contribution in [0.2, 0.25) is 0 Å². The van der Waals surface area contributed by atoms with Crippen LogP contribution in [0.5, 0.6) is 0 Å². The van der Waals surface area contributed by atoms with Crippen LogP contribution in [0, 0.1) is 13.8 Å². The SMILES string of the molecule is Cc1cccc(NC(=O)CN2CCN(CCO)CC2)c1C. The Morgan fingerprint density at radius 3 is 2.52 bits per heavy atom. The number of aliphatic hydroxyl groups is 1. The van der Waals surface area contributed by atoms with Crippen molar-refractivity contribution in [2.24, 2.45) is 0 Å². The van der Waals surface area contributed by atoms with Gasteiger partial charge in [0.2, 0.25) is 5.91 Å². The summed E-state index contributed by atoms with van der Waals surface area (Å²) in [5.74, 6) is 0.0410. The molecule has 0 aromatic heterocycles. The van der Waals surface area contributed by atoms with Crippen molar-refractivity contribution >= 4 is 11.6 Å². The molecule has 0 radical (unpaired) electrons. The van der Waals surface area contributed by atoms with Gasteiger partial charge in [-0.2, -0.15) is 0 Å². The molecule has 1 heterocycles. The van der Waals surface area contributed by atoms with Gasteiger partial charge in [-0.1, -0.05) is 12.1 Å². The Hall–Kier alpha value is -1.43. The lowest BCUT2D eigenvalue weighted by molar-refractivity contribution is -0.117. The second-order valence-corrected chi connectivity index (χ2v) is 5.64. The summed E-state index contributed by atoms with van der Waals surface area (Å²) < 4.78 is 0. The van der Waals surface area contributed by atoms with Gasteiger partial charge in [0.15, 0.2) is 0 Å². The summed E-state index contributed by atoms with van der Waals surface area (Å²) in [6.45, 7) is 9.01. The van der Waals surface area contributed by atoms with Crippen LogP contribution in [0.4, 0.5) is 5.69 Å². The molecule has 0 unspecified atom stereocenters. The smallest absolute Gasteiger partial charge is 0.238 e. The molecule has 0 atom stereocenters. The van der Waals surface area contributed by atoms with Gasteiger partial charge in [-0.05, 0) is 31.0 Å². The maximum atomic E-state index is 12.1. The highest BCUT2D eigenvalue weighted by molar-refractivity contribution is 5.93. The summed E-state index contributed by atoms with van der Waals surface area (Å²) in [6.07, 6.45) is 0. The van der Waals surface area contributed by atoms with E-state index in [1.54, 1.807) is 0 Å². The fourth-order valence-electron chi connectivity index (χ4n) is 2.59. The molecule has 2 rings (SSSR count). The Balaban J connectivity index is 1.81. The molecule has 0 bridgehead atoms. The highest BCUT2D eigenvalue weighted by atomic mass is 16.3. The number of anilines is 1. The quantitative estimate of drug-likeness (QED) is 0.844. The number of nitrogens with one attached hydrogen (secondary N) is 1. The van der Waals surface area contributed by atoms with Gasteiger partial charge in [0.1, 0.15) is 0 Å². The number of carbonyl (C=O) groups is 1. The minimum absolute atomic E-state index is 0.0410. The fraction of sp³-hybridized carbons (Fsp3) is 0.562. The van der Waals surface area contributed by atoms with E-state index >= 15 is 0 Å². The first-order valence-electron chi connectivity index (χ1n) is 7.52. The monoisotopic (exact) mass is 291 g/mol. The van der Waals surface area contributed by atoms with Crippen molar-refractivity contribution in [2.75, 3.05) is 51.2 Å². The van der Waals surface area contributed by atoms with Crippen molar-refractivity contribution in [3.05, 3.63) is 29.3 Å². The van der Waals surface area contributed by atoms with E-state index in [4.69, 9.17) is 5.11 Å². The van der Waals surface area contributed by atoms with E-state index in [9.17, 15) is 4.79 Å². The number of nitrogens with zero attached hydrogens (tertiary/aromatic N) is 2. The molecule has 1 aliphatic rings. The van der Waals surface area contributed by atoms with E-state index in [-0.39, 0.29) is 12.5 Å². The zero-order valence-corrected chi connectivity index (χ0v) is 12.9. The van der Waals surface area contributed by atoms with Gasteiger partial charge in [0.25, 0.3) is 0 Å². The summed E-state index contributed by atoms with van der Waals surface area (Å²) in [6, 6.07) is 5.95. The molecule has 5 heteroatoms. The van der Waals surface area contributed by atoms with E-state index < -0.39 is 0 Å². The average Bonchev–Trinajstić information content (AvgIpc) is 2.46. The number of hydrogen-bond acceptors (Lipinski definition) is 4. The van der Waals surface area contributed by atoms with E-state index in [1.165, 1.54) is 5.56 Å². The molecule has 1 saturated heterocycles. The molecule has 1 aliphatic heterocycles. The van der Waals surface area contributed by atoms with Gasteiger partial charge in [0, 0.05) is 38.4 Å². The van der Waals surface area contributed by atoms with Crippen molar-refractivity contribution in [2.45, 2.75) is 13.8 Å². The molecule has 0 saturated carbocycles. The minimum Gasteiger partial charge on any atom is -0.395 e. The van der Waals surface area contributed by atoms with Gasteiger partial charge in [-0.25, -0.2) is 0 Å². The third kappa shape index (κ3) is 4.52. The summed E-state index contributed by atoms with van der Waals surface area (Å²) >= 11 is 0. The third-order valence-electron chi connectivity index (χ3n) is 4.13. The second kappa shape index (κ2) is 7.54. The molecular formula is C16H25N3O2. The van der Waals surface area contributed by atoms with Gasteiger partial charge in [0.05, 0.1) is 13.2 Å². The van der Waals surface area contributed by atoms with Gasteiger partial charge < -0.3 is 10.4 Å². The van der Waals surface area contributed by atoms with Crippen LogP contribution in [0.1, 0.15) is 11.1 Å². The van der Waals surface area contributed by atoms with Crippen LogP contribution < -0.4 is 5.32 Å². The van der Waals surface area contributed by atoms with Crippen molar-refractivity contribution in [1.29, 1.82) is 0 Å². The Morgan fingerprint density at radius 2 is 1.86 bits per heavy atom. The number of aryl methyl sites for hydroxylation is 1. The molecule has 21 heavy (non-hydrogen) atoms. The lowest BCUT2D eigenvalue weighted by atomic mass is 10.1. The van der Waals surface area contributed by atoms with Crippen LogP contribution in [0.25, 0.3) is 0 Å². The number of hydrogen-bond donors (Lipinski definition) is 2. The first-order valence-corrected chi connectivity index (χ1v) is 7.52. The molecule has 0 spiro atoms. The lowest BCUT2D eigenvalue weighted by Gasteiger charge is -2.33. The standard InChI is InChI=1S/C16H25N3O2/c1-13-4-3-5-15(14(13)2)17-16(21)12-19-8-6-18(7-9-19)10-11-20/h3-5,20H,6-12H2,1-2H3,(H,17,21). The Labute approximate surface area is 126 Å². The molecule has 1 amide bonds. The van der Waals surface area contributed by atoms with E-state index in [2.05, 4.69) is 15.1 Å². The Kier molecular flexibility index (Phi) is 5.73. The zero-order valence-electron chi connectivity index (χ0n) is 12.9. The van der Waals surface area contributed by atoms with E-state index in [0.717, 1.165) is 44.0 Å². The molecular weight excluding hydrogens is 266 g/mol. The van der Waals surface area contributed by atoms with Crippen molar-refractivity contribution in [3.8, 4) is 0 Å². The minimum atomic E-state index is 0.0410. The predicted octanol–water partition coefficient (Wildman–Crippen LogP) is 0.852. The van der Waals surface area contributed by atoms with E-state index in [1.807, 2.05) is 32.0 Å². The molecule has 1 aromatic rings. The van der Waals surface area contributed by atoms with Crippen LogP contribution >= 0.6 is 0 Å². The maximum absolute atomic E-state index is 12.1. The Morgan fingerprint density at radius 1 is 1.19 bits per heavy atom. The molecule has 1 aromatic carbocycles. The van der Waals surface area contributed by atoms with Crippen molar-refractivity contribution < 1.29 is 9.90 Å². The molecule has 2 N–H and O–H groups in total. The van der Waals surface area contributed by atoms with Crippen LogP contribution in [0.3, 0.4) is 0 Å². The van der Waals surface area contributed by atoms with E-state index in [0.29, 0.717) is 6.54 Å². The van der Waals surface area contributed by atoms with Crippen LogP contribution in [-0.2, 0) is 4.79 Å². The number of piperazine rings is 1. The Bertz CT molecular complexity index is 482.